The van der Waals surface area contributed by atoms with Crippen molar-refractivity contribution in [2.75, 3.05) is 5.32 Å². The maximum absolute atomic E-state index is 12.8. The van der Waals surface area contributed by atoms with Gasteiger partial charge in [0, 0.05) is 11.4 Å². The van der Waals surface area contributed by atoms with Crippen LogP contribution in [0, 0.1) is 0 Å². The lowest BCUT2D eigenvalue weighted by atomic mass is 9.91. The van der Waals surface area contributed by atoms with Gasteiger partial charge in [-0.1, -0.05) is 49.2 Å². The zero-order valence-electron chi connectivity index (χ0n) is 12.8. The van der Waals surface area contributed by atoms with Crippen LogP contribution in [0.15, 0.2) is 42.5 Å². The molecule has 0 unspecified atom stereocenters. The number of anilines is 1. The molecule has 0 radical (unpaired) electrons. The van der Waals surface area contributed by atoms with E-state index in [1.54, 1.807) is 4.90 Å². The summed E-state index contributed by atoms with van der Waals surface area (Å²) < 4.78 is 0. The summed E-state index contributed by atoms with van der Waals surface area (Å²) in [4.78, 5) is 14.5. The van der Waals surface area contributed by atoms with Gasteiger partial charge in [-0.3, -0.25) is 4.90 Å². The quantitative estimate of drug-likeness (QED) is 0.782. The van der Waals surface area contributed by atoms with E-state index < -0.39 is 0 Å². The van der Waals surface area contributed by atoms with E-state index in [0.717, 1.165) is 35.7 Å². The third-order valence-electron chi connectivity index (χ3n) is 4.84. The number of fused-ring (bicyclic) bond motifs is 2. The zero-order chi connectivity index (χ0) is 15.8. The number of nitrogens with zero attached hydrogens (tertiary/aromatic N) is 1. The first-order valence-electron chi connectivity index (χ1n) is 8.12. The fourth-order valence-electron chi connectivity index (χ4n) is 3.72. The summed E-state index contributed by atoms with van der Waals surface area (Å²) >= 11 is 5.40. The molecule has 2 aromatic rings. The standard InChI is InChI=1S/C18H19N3OS/c22-17(21-16-11-4-3-9-15(16)20-18(21)23)19-14-10-5-7-12-6-1-2-8-13(12)14/h1-2,5-8,10,15-16H,3-4,9,11H2,(H,19,22)(H,20,23)/t15-,16+/m0/s1. The molecule has 2 N–H and O–H groups in total. The minimum absolute atomic E-state index is 0.131. The number of urea groups is 1. The maximum atomic E-state index is 12.8. The van der Waals surface area contributed by atoms with Crippen LogP contribution in [0.2, 0.25) is 0 Å². The van der Waals surface area contributed by atoms with Gasteiger partial charge in [-0.2, -0.15) is 0 Å². The summed E-state index contributed by atoms with van der Waals surface area (Å²) in [5.41, 5.74) is 0.829. The molecule has 4 rings (SSSR count). The van der Waals surface area contributed by atoms with Crippen LogP contribution in [-0.4, -0.2) is 28.1 Å². The van der Waals surface area contributed by atoms with Crippen molar-refractivity contribution in [3.63, 3.8) is 0 Å². The number of amides is 2. The molecule has 1 heterocycles. The zero-order valence-corrected chi connectivity index (χ0v) is 13.6. The number of benzene rings is 2. The van der Waals surface area contributed by atoms with Crippen molar-refractivity contribution >= 4 is 39.8 Å². The molecule has 0 spiro atoms. The van der Waals surface area contributed by atoms with Crippen molar-refractivity contribution in [2.24, 2.45) is 0 Å². The number of hydrogen-bond acceptors (Lipinski definition) is 2. The highest BCUT2D eigenvalue weighted by Gasteiger charge is 2.41. The van der Waals surface area contributed by atoms with Gasteiger partial charge in [0.2, 0.25) is 0 Å². The van der Waals surface area contributed by atoms with E-state index in [2.05, 4.69) is 10.6 Å². The monoisotopic (exact) mass is 325 g/mol. The van der Waals surface area contributed by atoms with Crippen LogP contribution in [-0.2, 0) is 0 Å². The van der Waals surface area contributed by atoms with E-state index in [9.17, 15) is 4.79 Å². The van der Waals surface area contributed by atoms with E-state index in [1.807, 2.05) is 42.5 Å². The van der Waals surface area contributed by atoms with Gasteiger partial charge in [-0.05, 0) is 36.5 Å². The minimum atomic E-state index is -0.131. The molecule has 2 atom stereocenters. The first kappa shape index (κ1) is 14.5. The summed E-state index contributed by atoms with van der Waals surface area (Å²) in [6, 6.07) is 14.4. The third kappa shape index (κ3) is 2.55. The number of rotatable bonds is 1. The van der Waals surface area contributed by atoms with Crippen molar-refractivity contribution in [2.45, 2.75) is 37.8 Å². The fourth-order valence-corrected chi connectivity index (χ4v) is 4.09. The molecule has 2 amide bonds. The van der Waals surface area contributed by atoms with E-state index >= 15 is 0 Å². The Morgan fingerprint density at radius 3 is 2.83 bits per heavy atom. The van der Waals surface area contributed by atoms with Crippen LogP contribution in [0.4, 0.5) is 10.5 Å². The summed E-state index contributed by atoms with van der Waals surface area (Å²) in [7, 11) is 0. The van der Waals surface area contributed by atoms with Crippen LogP contribution >= 0.6 is 12.2 Å². The van der Waals surface area contributed by atoms with Crippen molar-refractivity contribution in [1.29, 1.82) is 0 Å². The van der Waals surface area contributed by atoms with Gasteiger partial charge < -0.3 is 10.6 Å². The molecule has 23 heavy (non-hydrogen) atoms. The van der Waals surface area contributed by atoms with Gasteiger partial charge in [-0.15, -0.1) is 0 Å². The molecular formula is C18H19N3OS. The van der Waals surface area contributed by atoms with Crippen LogP contribution in [0.3, 0.4) is 0 Å². The van der Waals surface area contributed by atoms with Crippen molar-refractivity contribution in [1.82, 2.24) is 10.2 Å². The highest BCUT2D eigenvalue weighted by atomic mass is 32.1. The lowest BCUT2D eigenvalue weighted by Crippen LogP contribution is -2.44. The first-order valence-corrected chi connectivity index (χ1v) is 8.53. The van der Waals surface area contributed by atoms with E-state index in [0.29, 0.717) is 11.2 Å². The first-order chi connectivity index (χ1) is 11.2. The molecule has 0 bridgehead atoms. The summed E-state index contributed by atoms with van der Waals surface area (Å²) in [5.74, 6) is 0. The van der Waals surface area contributed by atoms with Gasteiger partial charge in [0.25, 0.3) is 0 Å². The number of carbonyl (C=O) groups is 1. The molecule has 1 saturated heterocycles. The average Bonchev–Trinajstić information content (AvgIpc) is 2.91. The molecule has 5 heteroatoms. The van der Waals surface area contributed by atoms with Gasteiger partial charge in [0.15, 0.2) is 5.11 Å². The molecule has 1 saturated carbocycles. The fraction of sp³-hybridized carbons (Fsp3) is 0.333. The molecule has 4 nitrogen and oxygen atoms in total. The lowest BCUT2D eigenvalue weighted by molar-refractivity contribution is 0.212. The minimum Gasteiger partial charge on any atom is -0.357 e. The van der Waals surface area contributed by atoms with Gasteiger partial charge >= 0.3 is 6.03 Å². The molecule has 0 aromatic heterocycles. The number of thiocarbonyl (C=S) groups is 1. The van der Waals surface area contributed by atoms with Crippen LogP contribution in [0.5, 0.6) is 0 Å². The molecular weight excluding hydrogens is 306 g/mol. The lowest BCUT2D eigenvalue weighted by Gasteiger charge is -2.29. The predicted octanol–water partition coefficient (Wildman–Crippen LogP) is 3.87. The largest absolute Gasteiger partial charge is 0.357 e. The highest BCUT2D eigenvalue weighted by Crippen LogP contribution is 2.29. The Labute approximate surface area is 140 Å². The molecule has 2 fully saturated rings. The topological polar surface area (TPSA) is 44.4 Å². The average molecular weight is 325 g/mol. The van der Waals surface area contributed by atoms with Crippen molar-refractivity contribution < 1.29 is 4.79 Å². The van der Waals surface area contributed by atoms with Crippen molar-refractivity contribution in [3.8, 4) is 0 Å². The second-order valence-electron chi connectivity index (χ2n) is 6.23. The van der Waals surface area contributed by atoms with E-state index in [-0.39, 0.29) is 12.1 Å². The molecule has 1 aliphatic carbocycles. The Hall–Kier alpha value is -2.14. The second kappa shape index (κ2) is 5.81. The Bertz CT molecular complexity index is 770. The van der Waals surface area contributed by atoms with Gasteiger partial charge in [-0.25, -0.2) is 4.79 Å². The number of hydrogen-bond donors (Lipinski definition) is 2. The molecule has 118 valence electrons. The summed E-state index contributed by atoms with van der Waals surface area (Å²) in [6.45, 7) is 0. The Morgan fingerprint density at radius 1 is 1.13 bits per heavy atom. The van der Waals surface area contributed by atoms with E-state index in [1.165, 1.54) is 6.42 Å². The smallest absolute Gasteiger partial charge is 0.328 e. The number of carbonyl (C=O) groups excluding carboxylic acids is 1. The maximum Gasteiger partial charge on any atom is 0.328 e. The van der Waals surface area contributed by atoms with Crippen LogP contribution < -0.4 is 10.6 Å². The predicted molar refractivity (Wildman–Crippen MR) is 96.6 cm³/mol. The highest BCUT2D eigenvalue weighted by molar-refractivity contribution is 7.80. The van der Waals surface area contributed by atoms with Crippen LogP contribution in [0.1, 0.15) is 25.7 Å². The third-order valence-corrected chi connectivity index (χ3v) is 5.15. The SMILES string of the molecule is O=C(Nc1cccc2ccccc12)N1C(=S)N[C@H]2CCCC[C@H]21. The van der Waals surface area contributed by atoms with Crippen LogP contribution in [0.25, 0.3) is 10.8 Å². The van der Waals surface area contributed by atoms with Gasteiger partial charge in [0.1, 0.15) is 0 Å². The normalized spacial score (nSPS) is 23.5. The molecule has 1 aliphatic heterocycles. The summed E-state index contributed by atoms with van der Waals surface area (Å²) in [5, 5.41) is 9.07. The van der Waals surface area contributed by atoms with Gasteiger partial charge in [0.05, 0.1) is 11.7 Å². The van der Waals surface area contributed by atoms with Crippen molar-refractivity contribution in [3.05, 3.63) is 42.5 Å². The molecule has 2 aliphatic rings. The Morgan fingerprint density at radius 2 is 1.91 bits per heavy atom. The Balaban J connectivity index is 1.61. The second-order valence-corrected chi connectivity index (χ2v) is 6.62. The Kier molecular flexibility index (Phi) is 3.65. The summed E-state index contributed by atoms with van der Waals surface area (Å²) in [6.07, 6.45) is 4.46. The number of nitrogens with one attached hydrogen (secondary N) is 2. The molecule has 2 aromatic carbocycles. The van der Waals surface area contributed by atoms with E-state index in [4.69, 9.17) is 12.2 Å².